The zero-order valence-corrected chi connectivity index (χ0v) is 23.2. The third kappa shape index (κ3) is 3.50. The molecule has 8 rings (SSSR count). The number of carbonyl (C=O) groups excluding carboxylic acids is 3. The van der Waals surface area contributed by atoms with E-state index in [1.807, 2.05) is 36.4 Å². The molecule has 2 bridgehead atoms. The second-order valence-electron chi connectivity index (χ2n) is 12.8. The van der Waals surface area contributed by atoms with Crippen molar-refractivity contribution in [3.8, 4) is 11.5 Å². The number of ether oxygens (including phenoxy) is 2. The summed E-state index contributed by atoms with van der Waals surface area (Å²) in [4.78, 5) is 43.3. The Morgan fingerprint density at radius 3 is 2.68 bits per heavy atom. The number of rotatable bonds is 5. The standard InChI is InChI=1S/C33H34N2O6/c1-19(36)40-25-10-9-22-16-26-33(39)12-11-24(35-27(37)17-23(31(35)38)15-20-5-3-2-4-6-20)30-32(33,28(22)29(25)41-30)13-14-34(26)18-21-7-8-21/h2-6,9-10,15,21,24,26,30,39H,7-8,11-14,16-18H2,1H3/b23-15+/t24-,26-,30+,32+,33-/m1/s1. The number of likely N-dealkylation sites (tertiary alicyclic amines) is 2. The van der Waals surface area contributed by atoms with Gasteiger partial charge >= 0.3 is 5.97 Å². The number of esters is 1. The lowest BCUT2D eigenvalue weighted by Gasteiger charge is -2.64. The predicted molar refractivity (Wildman–Crippen MR) is 149 cm³/mol. The number of aliphatic hydroxyl groups is 1. The molecule has 4 fully saturated rings. The average molecular weight is 555 g/mol. The fraction of sp³-hybridized carbons (Fsp3) is 0.485. The van der Waals surface area contributed by atoms with Gasteiger partial charge in [0.05, 0.1) is 23.5 Å². The maximum Gasteiger partial charge on any atom is 0.308 e. The normalized spacial score (nSPS) is 34.5. The van der Waals surface area contributed by atoms with Crippen molar-refractivity contribution < 1.29 is 29.0 Å². The van der Waals surface area contributed by atoms with Crippen LogP contribution in [0.5, 0.6) is 11.5 Å². The van der Waals surface area contributed by atoms with E-state index in [-0.39, 0.29) is 24.3 Å². The van der Waals surface area contributed by atoms with E-state index >= 15 is 0 Å². The summed E-state index contributed by atoms with van der Waals surface area (Å²) in [5.74, 6) is 0.548. The third-order valence-corrected chi connectivity index (χ3v) is 10.5. The van der Waals surface area contributed by atoms with Crippen LogP contribution >= 0.6 is 0 Å². The number of piperidine rings is 1. The summed E-state index contributed by atoms with van der Waals surface area (Å²) >= 11 is 0. The van der Waals surface area contributed by atoms with Crippen LogP contribution in [0, 0.1) is 5.92 Å². The molecule has 8 heteroatoms. The van der Waals surface area contributed by atoms with Crippen LogP contribution in [0.2, 0.25) is 0 Å². The van der Waals surface area contributed by atoms with Crippen LogP contribution < -0.4 is 9.47 Å². The minimum Gasteiger partial charge on any atom is -0.483 e. The van der Waals surface area contributed by atoms with Gasteiger partial charge in [-0.1, -0.05) is 36.4 Å². The molecule has 0 aromatic heterocycles. The van der Waals surface area contributed by atoms with E-state index in [2.05, 4.69) is 4.90 Å². The molecule has 6 aliphatic rings. The molecule has 3 aliphatic heterocycles. The van der Waals surface area contributed by atoms with Crippen molar-refractivity contribution in [3.63, 3.8) is 0 Å². The van der Waals surface area contributed by atoms with Gasteiger partial charge in [0.2, 0.25) is 5.91 Å². The van der Waals surface area contributed by atoms with Crippen LogP contribution in [0.25, 0.3) is 6.08 Å². The molecule has 1 spiro atoms. The Kier molecular flexibility index (Phi) is 5.39. The van der Waals surface area contributed by atoms with Gasteiger partial charge in [-0.15, -0.1) is 0 Å². The number of carbonyl (C=O) groups is 3. The third-order valence-electron chi connectivity index (χ3n) is 10.5. The van der Waals surface area contributed by atoms with Gasteiger partial charge in [-0.2, -0.15) is 0 Å². The Balaban J connectivity index is 1.23. The number of imide groups is 1. The van der Waals surface area contributed by atoms with Gasteiger partial charge in [-0.3, -0.25) is 24.2 Å². The Labute approximate surface area is 238 Å². The summed E-state index contributed by atoms with van der Waals surface area (Å²) in [5, 5.41) is 12.8. The van der Waals surface area contributed by atoms with Crippen molar-refractivity contribution in [2.24, 2.45) is 5.92 Å². The lowest BCUT2D eigenvalue weighted by molar-refractivity contribution is -0.201. The SMILES string of the molecule is CC(=O)Oc1ccc2c3c1O[C@H]1[C@H](N4C(=O)C/C(=C\c5ccccc5)C4=O)CC[C@@]4(O)[C@@H](C2)N(CC2CC2)CC[C@]314. The summed E-state index contributed by atoms with van der Waals surface area (Å²) < 4.78 is 12.4. The second-order valence-corrected chi connectivity index (χ2v) is 12.8. The van der Waals surface area contributed by atoms with Crippen LogP contribution in [-0.4, -0.2) is 69.6 Å². The van der Waals surface area contributed by atoms with E-state index in [9.17, 15) is 19.5 Å². The smallest absolute Gasteiger partial charge is 0.308 e. The van der Waals surface area contributed by atoms with E-state index in [1.165, 1.54) is 24.7 Å². The van der Waals surface area contributed by atoms with Gasteiger partial charge in [-0.05, 0) is 74.3 Å². The quantitative estimate of drug-likeness (QED) is 0.262. The van der Waals surface area contributed by atoms with Crippen molar-refractivity contribution in [2.45, 2.75) is 81.1 Å². The monoisotopic (exact) mass is 554 g/mol. The second kappa shape index (κ2) is 8.76. The molecule has 2 saturated heterocycles. The molecule has 2 aromatic carbocycles. The summed E-state index contributed by atoms with van der Waals surface area (Å²) in [6.07, 6.45) is 5.97. The molecule has 212 valence electrons. The molecule has 2 saturated carbocycles. The Morgan fingerprint density at radius 1 is 1.12 bits per heavy atom. The maximum atomic E-state index is 13.8. The Bertz CT molecular complexity index is 1520. The molecule has 41 heavy (non-hydrogen) atoms. The van der Waals surface area contributed by atoms with Crippen molar-refractivity contribution in [3.05, 3.63) is 64.7 Å². The Morgan fingerprint density at radius 2 is 1.93 bits per heavy atom. The molecule has 1 N–H and O–H groups in total. The summed E-state index contributed by atoms with van der Waals surface area (Å²) in [6, 6.07) is 12.8. The number of nitrogens with zero attached hydrogens (tertiary/aromatic N) is 2. The van der Waals surface area contributed by atoms with Crippen molar-refractivity contribution >= 4 is 23.9 Å². The molecule has 2 aromatic rings. The molecule has 0 radical (unpaired) electrons. The van der Waals surface area contributed by atoms with Crippen LogP contribution in [0.1, 0.15) is 62.1 Å². The first-order chi connectivity index (χ1) is 19.8. The van der Waals surface area contributed by atoms with E-state index in [0.29, 0.717) is 48.7 Å². The topological polar surface area (TPSA) is 96.4 Å². The lowest BCUT2D eigenvalue weighted by atomic mass is 9.48. The Hall–Kier alpha value is -3.49. The molecule has 3 heterocycles. The highest BCUT2D eigenvalue weighted by Crippen LogP contribution is 2.66. The molecule has 8 nitrogen and oxygen atoms in total. The first-order valence-corrected chi connectivity index (χ1v) is 14.9. The largest absolute Gasteiger partial charge is 0.483 e. The maximum absolute atomic E-state index is 13.8. The number of benzene rings is 2. The zero-order chi connectivity index (χ0) is 28.1. The van der Waals surface area contributed by atoms with Crippen molar-refractivity contribution in [1.29, 1.82) is 0 Å². The van der Waals surface area contributed by atoms with E-state index in [4.69, 9.17) is 9.47 Å². The number of hydrogen-bond acceptors (Lipinski definition) is 7. The molecule has 0 unspecified atom stereocenters. The van der Waals surface area contributed by atoms with E-state index < -0.39 is 29.1 Å². The van der Waals surface area contributed by atoms with Crippen molar-refractivity contribution in [1.82, 2.24) is 9.80 Å². The highest BCUT2D eigenvalue weighted by Gasteiger charge is 2.74. The lowest BCUT2D eigenvalue weighted by Crippen LogP contribution is -2.78. The van der Waals surface area contributed by atoms with Crippen LogP contribution in [-0.2, 0) is 26.2 Å². The first-order valence-electron chi connectivity index (χ1n) is 14.9. The fourth-order valence-electron chi connectivity index (χ4n) is 8.73. The molecular weight excluding hydrogens is 520 g/mol. The minimum absolute atomic E-state index is 0.0445. The van der Waals surface area contributed by atoms with Gasteiger partial charge in [0.1, 0.15) is 6.10 Å². The first kappa shape index (κ1) is 25.2. The predicted octanol–water partition coefficient (Wildman–Crippen LogP) is 3.39. The van der Waals surface area contributed by atoms with Gasteiger partial charge in [0.15, 0.2) is 11.5 Å². The number of hydrogen-bond donors (Lipinski definition) is 1. The van der Waals surface area contributed by atoms with Gasteiger partial charge in [-0.25, -0.2) is 0 Å². The minimum atomic E-state index is -1.08. The van der Waals surface area contributed by atoms with E-state index in [0.717, 1.165) is 29.8 Å². The van der Waals surface area contributed by atoms with Crippen LogP contribution in [0.3, 0.4) is 0 Å². The van der Waals surface area contributed by atoms with Crippen LogP contribution in [0.15, 0.2) is 48.0 Å². The van der Waals surface area contributed by atoms with Crippen LogP contribution in [0.4, 0.5) is 0 Å². The van der Waals surface area contributed by atoms with E-state index in [1.54, 1.807) is 12.1 Å². The summed E-state index contributed by atoms with van der Waals surface area (Å²) in [5.41, 5.74) is 1.47. The molecule has 5 atom stereocenters. The highest BCUT2D eigenvalue weighted by atomic mass is 16.6. The highest BCUT2D eigenvalue weighted by molar-refractivity contribution is 6.16. The number of amides is 2. The molecule has 3 aliphatic carbocycles. The average Bonchev–Trinajstić information content (AvgIpc) is 3.63. The zero-order valence-electron chi connectivity index (χ0n) is 23.2. The van der Waals surface area contributed by atoms with Gasteiger partial charge in [0.25, 0.3) is 5.91 Å². The summed E-state index contributed by atoms with van der Waals surface area (Å²) in [7, 11) is 0. The molecular formula is C33H34N2O6. The van der Waals surface area contributed by atoms with Gasteiger partial charge < -0.3 is 14.6 Å². The van der Waals surface area contributed by atoms with Crippen molar-refractivity contribution in [2.75, 3.05) is 13.1 Å². The van der Waals surface area contributed by atoms with Gasteiger partial charge in [0, 0.05) is 30.6 Å². The fourth-order valence-corrected chi connectivity index (χ4v) is 8.73. The molecule has 2 amide bonds. The summed E-state index contributed by atoms with van der Waals surface area (Å²) in [6.45, 7) is 3.16.